The largest absolute Gasteiger partial charge is 0.383 e. The van der Waals surface area contributed by atoms with Gasteiger partial charge in [-0.25, -0.2) is 4.98 Å². The number of rotatable bonds is 7. The first kappa shape index (κ1) is 17.4. The maximum Gasteiger partial charge on any atom is 0.253 e. The molecule has 23 heavy (non-hydrogen) atoms. The zero-order chi connectivity index (χ0) is 16.8. The number of nitrogens with one attached hydrogen (secondary N) is 2. The summed E-state index contributed by atoms with van der Waals surface area (Å²) >= 11 is 2.53. The molecule has 0 spiro atoms. The Bertz CT molecular complexity index is 729. The Morgan fingerprint density at radius 3 is 2.91 bits per heavy atom. The van der Waals surface area contributed by atoms with Gasteiger partial charge in [-0.1, -0.05) is 36.9 Å². The first-order chi connectivity index (χ1) is 11.0. The Balaban J connectivity index is 2.04. The second-order valence-corrected chi connectivity index (χ2v) is 6.98. The van der Waals surface area contributed by atoms with Crippen LogP contribution < -0.4 is 16.6 Å². The molecule has 0 radical (unpaired) electrons. The summed E-state index contributed by atoms with van der Waals surface area (Å²) in [5, 5.41) is 12.0. The van der Waals surface area contributed by atoms with E-state index in [1.54, 1.807) is 0 Å². The van der Waals surface area contributed by atoms with Crippen LogP contribution in [0.2, 0.25) is 0 Å². The van der Waals surface area contributed by atoms with Crippen molar-refractivity contribution in [2.45, 2.75) is 43.5 Å². The molecule has 0 aliphatic heterocycles. The Morgan fingerprint density at radius 2 is 2.26 bits per heavy atom. The van der Waals surface area contributed by atoms with Gasteiger partial charge in [-0.05, 0) is 12.8 Å². The summed E-state index contributed by atoms with van der Waals surface area (Å²) in [4.78, 5) is 30.3. The summed E-state index contributed by atoms with van der Waals surface area (Å²) < 4.78 is 0. The zero-order valence-electron chi connectivity index (χ0n) is 12.8. The van der Waals surface area contributed by atoms with Crippen LogP contribution in [0, 0.1) is 0 Å². The molecule has 8 nitrogen and oxygen atoms in total. The molecule has 1 atom stereocenters. The lowest BCUT2D eigenvalue weighted by atomic mass is 10.3. The van der Waals surface area contributed by atoms with Crippen molar-refractivity contribution in [3.63, 3.8) is 0 Å². The minimum Gasteiger partial charge on any atom is -0.383 e. The first-order valence-electron chi connectivity index (χ1n) is 7.18. The van der Waals surface area contributed by atoms with Gasteiger partial charge in [0.1, 0.15) is 10.8 Å². The van der Waals surface area contributed by atoms with Crippen LogP contribution in [0.15, 0.2) is 16.0 Å². The van der Waals surface area contributed by atoms with Gasteiger partial charge in [0.05, 0.1) is 5.25 Å². The molecule has 2 rings (SSSR count). The van der Waals surface area contributed by atoms with E-state index in [4.69, 9.17) is 5.73 Å². The van der Waals surface area contributed by atoms with E-state index in [0.29, 0.717) is 16.7 Å². The molecular formula is C13H18N6O2S2. The predicted molar refractivity (Wildman–Crippen MR) is 91.7 cm³/mol. The topological polar surface area (TPSA) is 127 Å². The second-order valence-electron chi connectivity index (χ2n) is 4.73. The van der Waals surface area contributed by atoms with E-state index < -0.39 is 5.25 Å². The van der Waals surface area contributed by atoms with E-state index in [-0.39, 0.29) is 17.3 Å². The molecule has 2 heterocycles. The molecule has 0 bridgehead atoms. The standard InChI is InChI=1S/C13H18N6O2S2/c1-3-5-10-18-19-13(23-10)17-11(21)7(4-2)22-12-15-8(14)6-9(20)16-12/h6-7H,3-5H2,1-2H3,(H,17,19,21)(H3,14,15,16,20)/t7-/m0/s1. The summed E-state index contributed by atoms with van der Waals surface area (Å²) in [5.41, 5.74) is 5.20. The highest BCUT2D eigenvalue weighted by Gasteiger charge is 2.21. The van der Waals surface area contributed by atoms with Crippen LogP contribution in [0.3, 0.4) is 0 Å². The average Bonchev–Trinajstić information content (AvgIpc) is 2.91. The summed E-state index contributed by atoms with van der Waals surface area (Å²) in [7, 11) is 0. The van der Waals surface area contributed by atoms with Gasteiger partial charge in [0.2, 0.25) is 11.0 Å². The number of nitrogen functional groups attached to an aromatic ring is 1. The lowest BCUT2D eigenvalue weighted by Crippen LogP contribution is -2.25. The normalized spacial score (nSPS) is 12.1. The molecule has 4 N–H and O–H groups in total. The first-order valence-corrected chi connectivity index (χ1v) is 8.88. The molecule has 10 heteroatoms. The molecule has 0 saturated carbocycles. The van der Waals surface area contributed by atoms with Gasteiger partial charge in [-0.15, -0.1) is 10.2 Å². The third-order valence-electron chi connectivity index (χ3n) is 2.82. The number of H-pyrrole nitrogens is 1. The molecule has 2 aromatic heterocycles. The van der Waals surface area contributed by atoms with Gasteiger partial charge in [0, 0.05) is 12.5 Å². The zero-order valence-corrected chi connectivity index (χ0v) is 14.5. The molecule has 2 aromatic rings. The highest BCUT2D eigenvalue weighted by Crippen LogP contribution is 2.24. The molecule has 0 saturated heterocycles. The Hall–Kier alpha value is -1.94. The number of nitrogens with zero attached hydrogens (tertiary/aromatic N) is 3. The minimum absolute atomic E-state index is 0.125. The Labute approximate surface area is 141 Å². The molecular weight excluding hydrogens is 336 g/mol. The van der Waals surface area contributed by atoms with Gasteiger partial charge in [0.25, 0.3) is 5.56 Å². The number of carbonyl (C=O) groups excluding carboxylic acids is 1. The molecule has 0 fully saturated rings. The minimum atomic E-state index is -0.418. The monoisotopic (exact) mass is 354 g/mol. The summed E-state index contributed by atoms with van der Waals surface area (Å²) in [6.07, 6.45) is 2.38. The molecule has 124 valence electrons. The predicted octanol–water partition coefficient (Wildman–Crippen LogP) is 1.67. The molecule has 0 unspecified atom stereocenters. The van der Waals surface area contributed by atoms with Gasteiger partial charge in [-0.2, -0.15) is 0 Å². The van der Waals surface area contributed by atoms with Crippen molar-refractivity contribution in [2.24, 2.45) is 0 Å². The highest BCUT2D eigenvalue weighted by molar-refractivity contribution is 8.00. The lowest BCUT2D eigenvalue weighted by molar-refractivity contribution is -0.115. The van der Waals surface area contributed by atoms with E-state index in [0.717, 1.165) is 29.6 Å². The number of hydrogen-bond acceptors (Lipinski definition) is 8. The molecule has 0 aliphatic carbocycles. The number of anilines is 2. The van der Waals surface area contributed by atoms with Crippen LogP contribution in [-0.4, -0.2) is 31.3 Å². The second kappa shape index (κ2) is 8.06. The molecule has 1 amide bonds. The average molecular weight is 354 g/mol. The Morgan fingerprint density at radius 1 is 1.48 bits per heavy atom. The van der Waals surface area contributed by atoms with E-state index in [9.17, 15) is 9.59 Å². The van der Waals surface area contributed by atoms with E-state index >= 15 is 0 Å². The number of carbonyl (C=O) groups is 1. The van der Waals surface area contributed by atoms with Crippen LogP contribution >= 0.6 is 23.1 Å². The Kier molecular flexibility index (Phi) is 6.11. The summed E-state index contributed by atoms with van der Waals surface area (Å²) in [6.45, 7) is 3.94. The molecule has 0 aromatic carbocycles. The SMILES string of the molecule is CCCc1nnc(NC(=O)[C@H](CC)Sc2nc(N)cc(=O)[nH]2)s1. The van der Waals surface area contributed by atoms with Gasteiger partial charge in [0.15, 0.2) is 5.16 Å². The fraction of sp³-hybridized carbons (Fsp3) is 0.462. The fourth-order valence-electron chi connectivity index (χ4n) is 1.77. The van der Waals surface area contributed by atoms with Crippen molar-refractivity contribution in [3.05, 3.63) is 21.4 Å². The maximum absolute atomic E-state index is 12.3. The lowest BCUT2D eigenvalue weighted by Gasteiger charge is -2.12. The van der Waals surface area contributed by atoms with Crippen molar-refractivity contribution in [3.8, 4) is 0 Å². The third-order valence-corrected chi connectivity index (χ3v) is 4.96. The number of aryl methyl sites for hydroxylation is 1. The fourth-order valence-corrected chi connectivity index (χ4v) is 3.54. The number of aromatic amines is 1. The number of thioether (sulfide) groups is 1. The van der Waals surface area contributed by atoms with E-state index in [1.165, 1.54) is 17.4 Å². The van der Waals surface area contributed by atoms with Crippen molar-refractivity contribution in [1.82, 2.24) is 20.2 Å². The van der Waals surface area contributed by atoms with E-state index in [1.807, 2.05) is 6.92 Å². The maximum atomic E-state index is 12.3. The number of nitrogens with two attached hydrogens (primary N) is 1. The summed E-state index contributed by atoms with van der Waals surface area (Å²) in [6, 6.07) is 1.20. The van der Waals surface area contributed by atoms with Crippen molar-refractivity contribution in [2.75, 3.05) is 11.1 Å². The van der Waals surface area contributed by atoms with Crippen LogP contribution in [0.25, 0.3) is 0 Å². The van der Waals surface area contributed by atoms with Crippen LogP contribution in [0.1, 0.15) is 31.7 Å². The van der Waals surface area contributed by atoms with Crippen LogP contribution in [0.5, 0.6) is 0 Å². The number of amides is 1. The summed E-state index contributed by atoms with van der Waals surface area (Å²) in [5.74, 6) is -0.0818. The van der Waals surface area contributed by atoms with Crippen molar-refractivity contribution < 1.29 is 4.79 Å². The van der Waals surface area contributed by atoms with Crippen molar-refractivity contribution in [1.29, 1.82) is 0 Å². The van der Waals surface area contributed by atoms with E-state index in [2.05, 4.69) is 32.4 Å². The quantitative estimate of drug-likeness (QED) is 0.510. The van der Waals surface area contributed by atoms with Gasteiger partial charge in [-0.3, -0.25) is 14.9 Å². The smallest absolute Gasteiger partial charge is 0.253 e. The number of aromatic nitrogens is 4. The van der Waals surface area contributed by atoms with Crippen molar-refractivity contribution >= 4 is 40.0 Å². The van der Waals surface area contributed by atoms with Crippen LogP contribution in [0.4, 0.5) is 10.9 Å². The number of hydrogen-bond donors (Lipinski definition) is 3. The highest BCUT2D eigenvalue weighted by atomic mass is 32.2. The van der Waals surface area contributed by atoms with Gasteiger partial charge < -0.3 is 10.7 Å². The van der Waals surface area contributed by atoms with Crippen LogP contribution in [-0.2, 0) is 11.2 Å². The van der Waals surface area contributed by atoms with Gasteiger partial charge >= 0.3 is 0 Å². The third kappa shape index (κ3) is 5.03. The molecule has 0 aliphatic rings.